The van der Waals surface area contributed by atoms with Gasteiger partial charge in [-0.05, 0) is 19.1 Å². The van der Waals surface area contributed by atoms with Crippen LogP contribution in [0.3, 0.4) is 0 Å². The van der Waals surface area contributed by atoms with E-state index in [1.54, 1.807) is 6.26 Å². The fourth-order valence-electron chi connectivity index (χ4n) is 3.65. The van der Waals surface area contributed by atoms with E-state index < -0.39 is 0 Å². The van der Waals surface area contributed by atoms with Crippen molar-refractivity contribution in [2.45, 2.75) is 26.4 Å². The van der Waals surface area contributed by atoms with Crippen molar-refractivity contribution in [1.82, 2.24) is 20.0 Å². The molecular formula is C22H20N4O2. The first-order valence-corrected chi connectivity index (χ1v) is 9.39. The van der Waals surface area contributed by atoms with Crippen LogP contribution in [-0.2, 0) is 19.5 Å². The van der Waals surface area contributed by atoms with Gasteiger partial charge in [-0.3, -0.25) is 4.90 Å². The molecule has 140 valence electrons. The molecule has 0 saturated carbocycles. The molecule has 0 spiro atoms. The van der Waals surface area contributed by atoms with Crippen LogP contribution in [0, 0.1) is 6.92 Å². The van der Waals surface area contributed by atoms with Crippen LogP contribution in [0.15, 0.2) is 63.9 Å². The summed E-state index contributed by atoms with van der Waals surface area (Å²) in [5.74, 6) is 2.21. The van der Waals surface area contributed by atoms with E-state index in [4.69, 9.17) is 13.9 Å². The molecule has 3 aromatic heterocycles. The molecule has 4 aromatic rings. The number of hydrogen-bond donors (Lipinski definition) is 0. The largest absolute Gasteiger partial charge is 0.461 e. The Balaban J connectivity index is 1.37. The second-order valence-electron chi connectivity index (χ2n) is 7.05. The highest BCUT2D eigenvalue weighted by atomic mass is 16.5. The second-order valence-corrected chi connectivity index (χ2v) is 7.05. The maximum absolute atomic E-state index is 5.64. The highest BCUT2D eigenvalue weighted by Crippen LogP contribution is 2.29. The molecule has 6 nitrogen and oxygen atoms in total. The maximum atomic E-state index is 5.64. The summed E-state index contributed by atoms with van der Waals surface area (Å²) in [5, 5.41) is 4.21. The molecule has 4 heterocycles. The first-order chi connectivity index (χ1) is 13.8. The number of furan rings is 1. The van der Waals surface area contributed by atoms with Gasteiger partial charge in [0.1, 0.15) is 0 Å². The van der Waals surface area contributed by atoms with Crippen molar-refractivity contribution in [3.8, 4) is 22.9 Å². The molecule has 0 N–H and O–H groups in total. The summed E-state index contributed by atoms with van der Waals surface area (Å²) in [6.07, 6.45) is 4.45. The summed E-state index contributed by atoms with van der Waals surface area (Å²) >= 11 is 0. The standard InChI is InChI=1S/C22H20N4O2/c1-15-18(21(28-25-15)16-6-3-2-4-7-16)14-26-10-9-19-17(13-26)12-23-22(24-19)20-8-5-11-27-20/h2-8,11-12H,9-10,13-14H2,1H3. The van der Waals surface area contributed by atoms with Crippen molar-refractivity contribution in [2.75, 3.05) is 6.54 Å². The fourth-order valence-corrected chi connectivity index (χ4v) is 3.65. The summed E-state index contributed by atoms with van der Waals surface area (Å²) in [6, 6.07) is 13.9. The zero-order chi connectivity index (χ0) is 18.9. The van der Waals surface area contributed by atoms with E-state index in [9.17, 15) is 0 Å². The van der Waals surface area contributed by atoms with Gasteiger partial charge >= 0.3 is 0 Å². The Morgan fingerprint density at radius 2 is 2.00 bits per heavy atom. The summed E-state index contributed by atoms with van der Waals surface area (Å²) in [7, 11) is 0. The SMILES string of the molecule is Cc1noc(-c2ccccc2)c1CN1CCc2nc(-c3ccco3)ncc2C1. The van der Waals surface area contributed by atoms with Crippen LogP contribution >= 0.6 is 0 Å². The van der Waals surface area contributed by atoms with Crippen LogP contribution in [-0.4, -0.2) is 26.6 Å². The Kier molecular flexibility index (Phi) is 4.25. The summed E-state index contributed by atoms with van der Waals surface area (Å²) in [4.78, 5) is 11.6. The van der Waals surface area contributed by atoms with E-state index in [0.717, 1.165) is 59.9 Å². The minimum Gasteiger partial charge on any atom is -0.461 e. The Morgan fingerprint density at radius 3 is 2.82 bits per heavy atom. The van der Waals surface area contributed by atoms with E-state index in [1.807, 2.05) is 43.5 Å². The van der Waals surface area contributed by atoms with Crippen molar-refractivity contribution >= 4 is 0 Å². The van der Waals surface area contributed by atoms with Crippen molar-refractivity contribution in [1.29, 1.82) is 0 Å². The molecule has 6 heteroatoms. The van der Waals surface area contributed by atoms with Gasteiger partial charge in [0.2, 0.25) is 0 Å². The van der Waals surface area contributed by atoms with Gasteiger partial charge in [0.05, 0.1) is 17.7 Å². The first kappa shape index (κ1) is 16.9. The number of benzene rings is 1. The van der Waals surface area contributed by atoms with E-state index in [-0.39, 0.29) is 0 Å². The minimum absolute atomic E-state index is 0.651. The molecule has 0 atom stereocenters. The van der Waals surface area contributed by atoms with Gasteiger partial charge in [-0.2, -0.15) is 0 Å². The lowest BCUT2D eigenvalue weighted by Gasteiger charge is -2.27. The highest BCUT2D eigenvalue weighted by molar-refractivity contribution is 5.61. The fraction of sp³-hybridized carbons (Fsp3) is 0.227. The molecule has 28 heavy (non-hydrogen) atoms. The number of nitrogens with zero attached hydrogens (tertiary/aromatic N) is 4. The molecule has 0 radical (unpaired) electrons. The molecular weight excluding hydrogens is 352 g/mol. The zero-order valence-corrected chi connectivity index (χ0v) is 15.6. The van der Waals surface area contributed by atoms with E-state index in [2.05, 4.69) is 27.2 Å². The van der Waals surface area contributed by atoms with Crippen molar-refractivity contribution in [2.24, 2.45) is 0 Å². The van der Waals surface area contributed by atoms with Gasteiger partial charge in [-0.25, -0.2) is 9.97 Å². The van der Waals surface area contributed by atoms with Gasteiger partial charge in [-0.1, -0.05) is 35.5 Å². The lowest BCUT2D eigenvalue weighted by atomic mass is 10.0. The Bertz CT molecular complexity index is 1090. The summed E-state index contributed by atoms with van der Waals surface area (Å²) in [6.45, 7) is 4.54. The van der Waals surface area contributed by atoms with E-state index in [1.165, 1.54) is 0 Å². The molecule has 1 aliphatic rings. The van der Waals surface area contributed by atoms with Crippen LogP contribution in [0.4, 0.5) is 0 Å². The van der Waals surface area contributed by atoms with Crippen molar-refractivity contribution in [3.63, 3.8) is 0 Å². The monoisotopic (exact) mass is 372 g/mol. The Hall–Kier alpha value is -3.25. The van der Waals surface area contributed by atoms with E-state index >= 15 is 0 Å². The third-order valence-corrected chi connectivity index (χ3v) is 5.16. The smallest absolute Gasteiger partial charge is 0.195 e. The first-order valence-electron chi connectivity index (χ1n) is 9.39. The van der Waals surface area contributed by atoms with Crippen molar-refractivity contribution in [3.05, 3.63) is 77.4 Å². The topological polar surface area (TPSA) is 68.2 Å². The minimum atomic E-state index is 0.651. The Morgan fingerprint density at radius 1 is 1.11 bits per heavy atom. The van der Waals surface area contributed by atoms with Gasteiger partial charge < -0.3 is 8.94 Å². The lowest BCUT2D eigenvalue weighted by Crippen LogP contribution is -2.31. The Labute approximate surface area is 162 Å². The molecule has 0 unspecified atom stereocenters. The number of hydrogen-bond acceptors (Lipinski definition) is 6. The molecule has 5 rings (SSSR count). The molecule has 0 amide bonds. The van der Waals surface area contributed by atoms with Crippen molar-refractivity contribution < 1.29 is 8.94 Å². The number of rotatable bonds is 4. The third-order valence-electron chi connectivity index (χ3n) is 5.16. The molecule has 0 aliphatic carbocycles. The van der Waals surface area contributed by atoms with Crippen LogP contribution in [0.1, 0.15) is 22.5 Å². The van der Waals surface area contributed by atoms with Gasteiger partial charge in [0.25, 0.3) is 0 Å². The quantitative estimate of drug-likeness (QED) is 0.533. The van der Waals surface area contributed by atoms with Crippen LogP contribution < -0.4 is 0 Å². The molecule has 0 fully saturated rings. The summed E-state index contributed by atoms with van der Waals surface area (Å²) in [5.41, 5.74) is 5.40. The normalized spacial score (nSPS) is 14.2. The molecule has 0 bridgehead atoms. The molecule has 0 saturated heterocycles. The lowest BCUT2D eigenvalue weighted by molar-refractivity contribution is 0.242. The highest BCUT2D eigenvalue weighted by Gasteiger charge is 2.23. The van der Waals surface area contributed by atoms with Crippen LogP contribution in [0.25, 0.3) is 22.9 Å². The summed E-state index contributed by atoms with van der Waals surface area (Å²) < 4.78 is 11.1. The molecule has 1 aromatic carbocycles. The van der Waals surface area contributed by atoms with Gasteiger partial charge in [0, 0.05) is 48.9 Å². The number of aromatic nitrogens is 3. The van der Waals surface area contributed by atoms with Crippen LogP contribution in [0.2, 0.25) is 0 Å². The number of fused-ring (bicyclic) bond motifs is 1. The number of aryl methyl sites for hydroxylation is 1. The zero-order valence-electron chi connectivity index (χ0n) is 15.6. The predicted molar refractivity (Wildman–Crippen MR) is 104 cm³/mol. The second kappa shape index (κ2) is 7.05. The van der Waals surface area contributed by atoms with Gasteiger partial charge in [-0.15, -0.1) is 0 Å². The third kappa shape index (κ3) is 3.12. The molecule has 1 aliphatic heterocycles. The maximum Gasteiger partial charge on any atom is 0.195 e. The predicted octanol–water partition coefficient (Wildman–Crippen LogP) is 4.26. The van der Waals surface area contributed by atoms with E-state index in [0.29, 0.717) is 11.6 Å². The van der Waals surface area contributed by atoms with Crippen LogP contribution in [0.5, 0.6) is 0 Å². The van der Waals surface area contributed by atoms with Gasteiger partial charge in [0.15, 0.2) is 17.3 Å². The average molecular weight is 372 g/mol. The average Bonchev–Trinajstić information content (AvgIpc) is 3.39.